The molecule has 0 aliphatic carbocycles. The molecule has 3 rings (SSSR count). The van der Waals surface area contributed by atoms with Crippen molar-refractivity contribution in [3.8, 4) is 0 Å². The van der Waals surface area contributed by atoms with Crippen LogP contribution in [0, 0.1) is 0 Å². The van der Waals surface area contributed by atoms with Crippen molar-refractivity contribution in [2.45, 2.75) is 25.9 Å². The van der Waals surface area contributed by atoms with Gasteiger partial charge >= 0.3 is 0 Å². The third kappa shape index (κ3) is 2.91. The molecule has 1 amide bonds. The van der Waals surface area contributed by atoms with Crippen LogP contribution in [0.15, 0.2) is 30.7 Å². The van der Waals surface area contributed by atoms with Crippen molar-refractivity contribution in [2.75, 3.05) is 26.7 Å². The monoisotopic (exact) mass is 315 g/mol. The molecule has 1 fully saturated rings. The molecule has 1 atom stereocenters. The molecule has 0 radical (unpaired) electrons. The smallest absolute Gasteiger partial charge is 0.270 e. The van der Waals surface area contributed by atoms with Gasteiger partial charge in [0.05, 0.1) is 6.04 Å². The van der Waals surface area contributed by atoms with Crippen LogP contribution in [0.25, 0.3) is 0 Å². The van der Waals surface area contributed by atoms with Crippen molar-refractivity contribution < 1.29 is 4.79 Å². The Bertz CT molecular complexity index is 687. The zero-order valence-corrected chi connectivity index (χ0v) is 14.3. The van der Waals surface area contributed by atoms with Gasteiger partial charge in [0.2, 0.25) is 0 Å². The van der Waals surface area contributed by atoms with E-state index in [1.54, 1.807) is 0 Å². The number of rotatable bonds is 3. The number of carbonyl (C=O) groups excluding carboxylic acids is 1. The Hall–Kier alpha value is -2.08. The van der Waals surface area contributed by atoms with Gasteiger partial charge in [-0.2, -0.15) is 0 Å². The normalized spacial score (nSPS) is 19.5. The first-order chi connectivity index (χ1) is 11.0. The lowest BCUT2D eigenvalue weighted by Gasteiger charge is -2.39. The van der Waals surface area contributed by atoms with E-state index in [2.05, 4.69) is 30.8 Å². The molecule has 1 aliphatic heterocycles. The summed E-state index contributed by atoms with van der Waals surface area (Å²) in [6.07, 6.45) is 5.74. The second-order valence-electron chi connectivity index (χ2n) is 6.54. The first kappa shape index (κ1) is 15.8. The van der Waals surface area contributed by atoms with Crippen molar-refractivity contribution in [3.63, 3.8) is 0 Å². The maximum atomic E-state index is 13.0. The van der Waals surface area contributed by atoms with Crippen LogP contribution in [0.3, 0.4) is 0 Å². The molecule has 1 saturated heterocycles. The molecular formula is C17H25N5O. The highest BCUT2D eigenvalue weighted by Crippen LogP contribution is 2.24. The number of piperazine rings is 1. The lowest BCUT2D eigenvalue weighted by atomic mass is 10.1. The summed E-state index contributed by atoms with van der Waals surface area (Å²) in [7, 11) is 4.10. The van der Waals surface area contributed by atoms with Gasteiger partial charge in [-0.1, -0.05) is 0 Å². The van der Waals surface area contributed by atoms with Crippen LogP contribution in [-0.4, -0.2) is 56.5 Å². The van der Waals surface area contributed by atoms with E-state index < -0.39 is 0 Å². The maximum Gasteiger partial charge on any atom is 0.270 e. The summed E-state index contributed by atoms with van der Waals surface area (Å²) in [4.78, 5) is 21.6. The van der Waals surface area contributed by atoms with E-state index in [9.17, 15) is 4.79 Å². The standard InChI is InChI=1S/C17H25N5O/c1-13(2)22-8-5-6-14(22)17(23)21-11-10-19(3)15(12-21)16-18-7-9-20(16)4/h5-9,13,15H,10-12H2,1-4H3/t15-/m0/s1. The van der Waals surface area contributed by atoms with Crippen molar-refractivity contribution in [3.05, 3.63) is 42.2 Å². The average molecular weight is 315 g/mol. The molecular weight excluding hydrogens is 290 g/mol. The zero-order valence-electron chi connectivity index (χ0n) is 14.3. The van der Waals surface area contributed by atoms with Gasteiger partial charge in [0.1, 0.15) is 11.5 Å². The highest BCUT2D eigenvalue weighted by Gasteiger charge is 2.32. The van der Waals surface area contributed by atoms with Crippen LogP contribution in [0.4, 0.5) is 0 Å². The Morgan fingerprint density at radius 3 is 2.70 bits per heavy atom. The Morgan fingerprint density at radius 2 is 2.04 bits per heavy atom. The SMILES string of the molecule is CC(C)n1cccc1C(=O)N1CCN(C)[C@H](c2nccn2C)C1. The van der Waals surface area contributed by atoms with E-state index in [1.165, 1.54) is 0 Å². The number of hydrogen-bond donors (Lipinski definition) is 0. The average Bonchev–Trinajstić information content (AvgIpc) is 3.16. The van der Waals surface area contributed by atoms with E-state index in [-0.39, 0.29) is 18.0 Å². The number of likely N-dealkylation sites (N-methyl/N-ethyl adjacent to an activating group) is 1. The molecule has 124 valence electrons. The number of aromatic nitrogens is 3. The third-order valence-electron chi connectivity index (χ3n) is 4.65. The van der Waals surface area contributed by atoms with E-state index in [1.807, 2.05) is 51.8 Å². The van der Waals surface area contributed by atoms with Crippen LogP contribution in [0.5, 0.6) is 0 Å². The second-order valence-corrected chi connectivity index (χ2v) is 6.54. The molecule has 1 aliphatic rings. The zero-order chi connectivity index (χ0) is 16.6. The Kier molecular flexibility index (Phi) is 4.26. The summed E-state index contributed by atoms with van der Waals surface area (Å²) >= 11 is 0. The fourth-order valence-corrected chi connectivity index (χ4v) is 3.22. The summed E-state index contributed by atoms with van der Waals surface area (Å²) in [5.41, 5.74) is 0.767. The predicted octanol–water partition coefficient (Wildman–Crippen LogP) is 1.93. The minimum Gasteiger partial charge on any atom is -0.341 e. The quantitative estimate of drug-likeness (QED) is 0.869. The Morgan fingerprint density at radius 1 is 1.26 bits per heavy atom. The number of amides is 1. The minimum absolute atomic E-state index is 0.107. The lowest BCUT2D eigenvalue weighted by molar-refractivity contribution is 0.0517. The van der Waals surface area contributed by atoms with E-state index in [0.717, 1.165) is 24.6 Å². The number of carbonyl (C=O) groups is 1. The fraction of sp³-hybridized carbons (Fsp3) is 0.529. The molecule has 0 saturated carbocycles. The molecule has 0 bridgehead atoms. The van der Waals surface area contributed by atoms with Crippen LogP contribution in [0.1, 0.15) is 42.2 Å². The maximum absolute atomic E-state index is 13.0. The van der Waals surface area contributed by atoms with Gasteiger partial charge in [0.25, 0.3) is 5.91 Å². The third-order valence-corrected chi connectivity index (χ3v) is 4.65. The number of nitrogens with zero attached hydrogens (tertiary/aromatic N) is 5. The molecule has 0 aromatic carbocycles. The molecule has 3 heterocycles. The van der Waals surface area contributed by atoms with Gasteiger partial charge in [-0.05, 0) is 33.0 Å². The van der Waals surface area contributed by atoms with Gasteiger partial charge in [0, 0.05) is 51.3 Å². The first-order valence-electron chi connectivity index (χ1n) is 8.12. The molecule has 0 spiro atoms. The highest BCUT2D eigenvalue weighted by molar-refractivity contribution is 5.93. The first-order valence-corrected chi connectivity index (χ1v) is 8.12. The summed E-state index contributed by atoms with van der Waals surface area (Å²) in [6.45, 7) is 6.46. The molecule has 0 N–H and O–H groups in total. The van der Waals surface area contributed by atoms with Gasteiger partial charge in [-0.3, -0.25) is 9.69 Å². The largest absolute Gasteiger partial charge is 0.341 e. The predicted molar refractivity (Wildman–Crippen MR) is 89.3 cm³/mol. The van der Waals surface area contributed by atoms with Crippen LogP contribution in [-0.2, 0) is 7.05 Å². The van der Waals surface area contributed by atoms with Crippen molar-refractivity contribution in [1.29, 1.82) is 0 Å². The van der Waals surface area contributed by atoms with Crippen LogP contribution >= 0.6 is 0 Å². The minimum atomic E-state index is 0.107. The van der Waals surface area contributed by atoms with Crippen molar-refractivity contribution in [1.82, 2.24) is 23.9 Å². The lowest BCUT2D eigenvalue weighted by Crippen LogP contribution is -2.50. The summed E-state index contributed by atoms with van der Waals surface area (Å²) in [6, 6.07) is 4.27. The van der Waals surface area contributed by atoms with Crippen LogP contribution in [0.2, 0.25) is 0 Å². The molecule has 23 heavy (non-hydrogen) atoms. The van der Waals surface area contributed by atoms with E-state index in [0.29, 0.717) is 6.54 Å². The Balaban J connectivity index is 1.82. The topological polar surface area (TPSA) is 46.3 Å². The van der Waals surface area contributed by atoms with E-state index >= 15 is 0 Å². The highest BCUT2D eigenvalue weighted by atomic mass is 16.2. The fourth-order valence-electron chi connectivity index (χ4n) is 3.22. The summed E-state index contributed by atoms with van der Waals surface area (Å²) < 4.78 is 4.07. The molecule has 0 unspecified atom stereocenters. The second kappa shape index (κ2) is 6.20. The Labute approximate surface area is 137 Å². The number of imidazole rings is 1. The van der Waals surface area contributed by atoms with Gasteiger partial charge in [-0.25, -0.2) is 4.98 Å². The van der Waals surface area contributed by atoms with Crippen molar-refractivity contribution >= 4 is 5.91 Å². The molecule has 2 aromatic rings. The van der Waals surface area contributed by atoms with Gasteiger partial charge < -0.3 is 14.0 Å². The summed E-state index contributed by atoms with van der Waals surface area (Å²) in [5.74, 6) is 1.11. The van der Waals surface area contributed by atoms with Crippen LogP contribution < -0.4 is 0 Å². The van der Waals surface area contributed by atoms with Crippen molar-refractivity contribution in [2.24, 2.45) is 7.05 Å². The van der Waals surface area contributed by atoms with E-state index in [4.69, 9.17) is 0 Å². The summed E-state index contributed by atoms with van der Waals surface area (Å²) in [5, 5.41) is 0. The van der Waals surface area contributed by atoms with Gasteiger partial charge in [0.15, 0.2) is 0 Å². The van der Waals surface area contributed by atoms with Gasteiger partial charge in [-0.15, -0.1) is 0 Å². The molecule has 6 nitrogen and oxygen atoms in total. The number of aryl methyl sites for hydroxylation is 1. The number of hydrogen-bond acceptors (Lipinski definition) is 3. The molecule has 2 aromatic heterocycles. The molecule has 6 heteroatoms.